The first kappa shape index (κ1) is 10.8. The molecule has 4 nitrogen and oxygen atoms in total. The van der Waals surface area contributed by atoms with Crippen LogP contribution < -0.4 is 4.74 Å². The van der Waals surface area contributed by atoms with Gasteiger partial charge in [0.25, 0.3) is 0 Å². The van der Waals surface area contributed by atoms with Gasteiger partial charge in [-0.1, -0.05) is 0 Å². The van der Waals surface area contributed by atoms with Crippen LogP contribution in [0.3, 0.4) is 0 Å². The summed E-state index contributed by atoms with van der Waals surface area (Å²) in [6, 6.07) is 0. The molecule has 7 heteroatoms. The molecule has 1 N–H and O–H groups in total. The van der Waals surface area contributed by atoms with Gasteiger partial charge < -0.3 is 9.84 Å². The fourth-order valence-corrected chi connectivity index (χ4v) is 1.05. The molecule has 1 atom stereocenters. The highest BCUT2D eigenvalue weighted by Crippen LogP contribution is 2.36. The Morgan fingerprint density at radius 1 is 1.57 bits per heavy atom. The number of methoxy groups -OCH3 is 1. The van der Waals surface area contributed by atoms with Crippen LogP contribution in [0.25, 0.3) is 0 Å². The van der Waals surface area contributed by atoms with Crippen molar-refractivity contribution >= 4 is 0 Å². The Hall–Kier alpha value is -1.24. The second-order valence-electron chi connectivity index (χ2n) is 2.67. The molecule has 1 aromatic heterocycles. The van der Waals surface area contributed by atoms with Gasteiger partial charge in [-0.2, -0.15) is 18.3 Å². The van der Waals surface area contributed by atoms with E-state index in [0.717, 1.165) is 10.9 Å². The van der Waals surface area contributed by atoms with Crippen molar-refractivity contribution < 1.29 is 23.0 Å². The van der Waals surface area contributed by atoms with Gasteiger partial charge in [-0.15, -0.1) is 0 Å². The summed E-state index contributed by atoms with van der Waals surface area (Å²) in [7, 11) is 2.51. The Labute approximate surface area is 77.9 Å². The highest BCUT2D eigenvalue weighted by Gasteiger charge is 2.42. The first-order chi connectivity index (χ1) is 6.38. The zero-order chi connectivity index (χ0) is 10.9. The van der Waals surface area contributed by atoms with E-state index in [0.29, 0.717) is 0 Å². The molecular formula is C7H9F3N2O2. The van der Waals surface area contributed by atoms with Crippen molar-refractivity contribution in [3.8, 4) is 5.75 Å². The molecule has 1 aromatic rings. The number of hydrogen-bond donors (Lipinski definition) is 1. The molecule has 0 spiro atoms. The molecule has 1 heterocycles. The Balaban J connectivity index is 3.11. The molecule has 0 radical (unpaired) electrons. The van der Waals surface area contributed by atoms with Crippen LogP contribution in [-0.2, 0) is 7.05 Å². The van der Waals surface area contributed by atoms with Crippen molar-refractivity contribution in [2.75, 3.05) is 7.11 Å². The molecule has 0 bridgehead atoms. The number of aryl methyl sites for hydroxylation is 1. The summed E-state index contributed by atoms with van der Waals surface area (Å²) >= 11 is 0. The van der Waals surface area contributed by atoms with Crippen molar-refractivity contribution in [1.82, 2.24) is 9.78 Å². The number of halogens is 3. The third-order valence-electron chi connectivity index (χ3n) is 1.74. The Morgan fingerprint density at radius 2 is 2.14 bits per heavy atom. The van der Waals surface area contributed by atoms with Crippen LogP contribution in [0, 0.1) is 0 Å². The summed E-state index contributed by atoms with van der Waals surface area (Å²) in [4.78, 5) is 0. The lowest BCUT2D eigenvalue weighted by Gasteiger charge is -2.15. The molecule has 0 saturated heterocycles. The van der Waals surface area contributed by atoms with Crippen molar-refractivity contribution in [3.63, 3.8) is 0 Å². The standard InChI is InChI=1S/C7H9F3N2O2/c1-12-5(4(14-2)3-11-12)6(13)7(8,9)10/h3,6,13H,1-2H3/t6-/m0/s1. The van der Waals surface area contributed by atoms with Gasteiger partial charge in [0.2, 0.25) is 0 Å². The molecular weight excluding hydrogens is 201 g/mol. The normalized spacial score (nSPS) is 14.1. The van der Waals surface area contributed by atoms with E-state index < -0.39 is 18.0 Å². The number of rotatable bonds is 2. The van der Waals surface area contributed by atoms with Crippen LogP contribution in [0.1, 0.15) is 11.8 Å². The van der Waals surface area contributed by atoms with Gasteiger partial charge in [-0.25, -0.2) is 0 Å². The number of hydrogen-bond acceptors (Lipinski definition) is 3. The fraction of sp³-hybridized carbons (Fsp3) is 0.571. The van der Waals surface area contributed by atoms with Crippen molar-refractivity contribution in [2.24, 2.45) is 7.05 Å². The monoisotopic (exact) mass is 210 g/mol. The van der Waals surface area contributed by atoms with E-state index in [1.165, 1.54) is 14.2 Å². The Kier molecular flexibility index (Phi) is 2.70. The zero-order valence-corrected chi connectivity index (χ0v) is 7.54. The molecule has 0 aliphatic heterocycles. The van der Waals surface area contributed by atoms with E-state index in [1.54, 1.807) is 0 Å². The van der Waals surface area contributed by atoms with Crippen LogP contribution in [0.15, 0.2) is 6.20 Å². The minimum atomic E-state index is -4.72. The van der Waals surface area contributed by atoms with Gasteiger partial charge in [0.15, 0.2) is 11.9 Å². The van der Waals surface area contributed by atoms with E-state index in [1.807, 2.05) is 0 Å². The van der Waals surface area contributed by atoms with Gasteiger partial charge in [-0.3, -0.25) is 4.68 Å². The van der Waals surface area contributed by atoms with Gasteiger partial charge in [0, 0.05) is 7.05 Å². The van der Waals surface area contributed by atoms with Gasteiger partial charge in [-0.05, 0) is 0 Å². The minimum absolute atomic E-state index is 0.0858. The topological polar surface area (TPSA) is 47.3 Å². The predicted octanol–water partition coefficient (Wildman–Crippen LogP) is 1.02. The minimum Gasteiger partial charge on any atom is -0.493 e. The van der Waals surface area contributed by atoms with Gasteiger partial charge >= 0.3 is 6.18 Å². The molecule has 0 unspecified atom stereocenters. The second kappa shape index (κ2) is 3.49. The third-order valence-corrected chi connectivity index (χ3v) is 1.74. The molecule has 14 heavy (non-hydrogen) atoms. The maximum Gasteiger partial charge on any atom is 0.420 e. The fourth-order valence-electron chi connectivity index (χ4n) is 1.05. The molecule has 0 aromatic carbocycles. The predicted molar refractivity (Wildman–Crippen MR) is 40.8 cm³/mol. The first-order valence-corrected chi connectivity index (χ1v) is 3.68. The molecule has 1 rings (SSSR count). The molecule has 0 fully saturated rings. The molecule has 0 amide bonds. The lowest BCUT2D eigenvalue weighted by atomic mass is 10.2. The summed E-state index contributed by atoms with van der Waals surface area (Å²) in [6.45, 7) is 0. The van der Waals surface area contributed by atoms with E-state index in [2.05, 4.69) is 9.84 Å². The first-order valence-electron chi connectivity index (χ1n) is 3.68. The van der Waals surface area contributed by atoms with Gasteiger partial charge in [0.1, 0.15) is 5.69 Å². The molecule has 0 aliphatic carbocycles. The van der Waals surface area contributed by atoms with E-state index in [4.69, 9.17) is 5.11 Å². The smallest absolute Gasteiger partial charge is 0.420 e. The highest BCUT2D eigenvalue weighted by molar-refractivity contribution is 5.27. The molecule has 0 aliphatic rings. The average molecular weight is 210 g/mol. The number of ether oxygens (including phenoxy) is 1. The second-order valence-corrected chi connectivity index (χ2v) is 2.67. The number of aliphatic hydroxyl groups is 1. The van der Waals surface area contributed by atoms with Crippen LogP contribution in [0.4, 0.5) is 13.2 Å². The lowest BCUT2D eigenvalue weighted by Crippen LogP contribution is -2.23. The van der Waals surface area contributed by atoms with E-state index in [-0.39, 0.29) is 5.75 Å². The Bertz CT molecular complexity index is 321. The van der Waals surface area contributed by atoms with Crippen molar-refractivity contribution in [2.45, 2.75) is 12.3 Å². The lowest BCUT2D eigenvalue weighted by molar-refractivity contribution is -0.209. The molecule has 80 valence electrons. The van der Waals surface area contributed by atoms with E-state index in [9.17, 15) is 13.2 Å². The summed E-state index contributed by atoms with van der Waals surface area (Å²) in [5.41, 5.74) is -0.403. The summed E-state index contributed by atoms with van der Waals surface area (Å²) in [6.07, 6.45) is -6.18. The van der Waals surface area contributed by atoms with Crippen molar-refractivity contribution in [3.05, 3.63) is 11.9 Å². The van der Waals surface area contributed by atoms with Crippen molar-refractivity contribution in [1.29, 1.82) is 0 Å². The maximum absolute atomic E-state index is 12.2. The summed E-state index contributed by atoms with van der Waals surface area (Å²) < 4.78 is 42.1. The van der Waals surface area contributed by atoms with Crippen LogP contribution in [0.2, 0.25) is 0 Å². The number of aliphatic hydroxyl groups excluding tert-OH is 1. The van der Waals surface area contributed by atoms with Crippen LogP contribution >= 0.6 is 0 Å². The number of alkyl halides is 3. The summed E-state index contributed by atoms with van der Waals surface area (Å²) in [5.74, 6) is -0.0858. The highest BCUT2D eigenvalue weighted by atomic mass is 19.4. The Morgan fingerprint density at radius 3 is 2.57 bits per heavy atom. The quantitative estimate of drug-likeness (QED) is 0.792. The molecule has 0 saturated carbocycles. The number of nitrogens with zero attached hydrogens (tertiary/aromatic N) is 2. The van der Waals surface area contributed by atoms with E-state index >= 15 is 0 Å². The average Bonchev–Trinajstić information content (AvgIpc) is 2.43. The third kappa shape index (κ3) is 1.82. The zero-order valence-electron chi connectivity index (χ0n) is 7.54. The largest absolute Gasteiger partial charge is 0.493 e. The number of aromatic nitrogens is 2. The summed E-state index contributed by atoms with van der Waals surface area (Å²) in [5, 5.41) is 12.5. The van der Waals surface area contributed by atoms with Crippen LogP contribution in [-0.4, -0.2) is 28.2 Å². The SMILES string of the molecule is COc1cnn(C)c1[C@H](O)C(F)(F)F. The van der Waals surface area contributed by atoms with Gasteiger partial charge in [0.05, 0.1) is 13.3 Å². The maximum atomic E-state index is 12.2. The van der Waals surface area contributed by atoms with Crippen LogP contribution in [0.5, 0.6) is 5.75 Å².